The second-order valence-corrected chi connectivity index (χ2v) is 4.02. The average Bonchev–Trinajstić information content (AvgIpc) is 2.12. The molecule has 0 atom stereocenters. The predicted molar refractivity (Wildman–Crippen MR) is 50.5 cm³/mol. The summed E-state index contributed by atoms with van der Waals surface area (Å²) in [5, 5.41) is 0. The van der Waals surface area contributed by atoms with Crippen LogP contribution in [0.4, 0.5) is 0 Å². The lowest BCUT2D eigenvalue weighted by molar-refractivity contribution is -0.310. The summed E-state index contributed by atoms with van der Waals surface area (Å²) in [6.07, 6.45) is 1.02. The Morgan fingerprint density at radius 2 is 1.92 bits per heavy atom. The van der Waals surface area contributed by atoms with Gasteiger partial charge in [-0.15, -0.1) is 0 Å². The van der Waals surface area contributed by atoms with Gasteiger partial charge in [0.25, 0.3) is 5.97 Å². The van der Waals surface area contributed by atoms with Crippen LogP contribution in [0.5, 0.6) is 0 Å². The third-order valence-corrected chi connectivity index (χ3v) is 3.22. The summed E-state index contributed by atoms with van der Waals surface area (Å²) in [7, 11) is 2.58. The average molecular weight is 193 g/mol. The molecular formula is C7H19NO3Si. The first-order valence-electron chi connectivity index (χ1n) is 4.13. The first-order valence-corrected chi connectivity index (χ1v) is 5.70. The summed E-state index contributed by atoms with van der Waals surface area (Å²) in [5.74, 6) is -0.846. The van der Waals surface area contributed by atoms with E-state index in [4.69, 9.17) is 19.6 Å². The number of hydrogen-bond donors (Lipinski definition) is 1. The highest BCUT2D eigenvalue weighted by Crippen LogP contribution is 2.11. The van der Waals surface area contributed by atoms with Gasteiger partial charge in [0.1, 0.15) is 0 Å². The third kappa shape index (κ3) is 4.84. The van der Waals surface area contributed by atoms with Gasteiger partial charge in [-0.2, -0.15) is 0 Å². The van der Waals surface area contributed by atoms with Gasteiger partial charge in [0.05, 0.1) is 0 Å². The lowest BCUT2D eigenvalue weighted by atomic mass is 10.5. The molecule has 0 saturated heterocycles. The van der Waals surface area contributed by atoms with Crippen LogP contribution in [-0.4, -0.2) is 36.5 Å². The van der Waals surface area contributed by atoms with E-state index in [9.17, 15) is 0 Å². The van der Waals surface area contributed by atoms with Crippen LogP contribution in [0.15, 0.2) is 0 Å². The van der Waals surface area contributed by atoms with Crippen LogP contribution in [-0.2, 0) is 13.9 Å². The topological polar surface area (TPSA) is 53.7 Å². The molecule has 74 valence electrons. The zero-order valence-corrected chi connectivity index (χ0v) is 9.54. The Bertz CT molecular complexity index is 109. The van der Waals surface area contributed by atoms with E-state index in [-0.39, 0.29) is 0 Å². The van der Waals surface area contributed by atoms with Crippen molar-refractivity contribution in [2.24, 2.45) is 5.73 Å². The fraction of sp³-hybridized carbons (Fsp3) is 1.00. The Morgan fingerprint density at radius 1 is 1.33 bits per heavy atom. The number of ether oxygens (including phenoxy) is 2. The molecule has 0 spiro atoms. The molecule has 4 nitrogen and oxygen atoms in total. The minimum Gasteiger partial charge on any atom is -0.376 e. The van der Waals surface area contributed by atoms with E-state index in [0.717, 1.165) is 19.0 Å². The van der Waals surface area contributed by atoms with Crippen molar-refractivity contribution in [3.05, 3.63) is 0 Å². The molecule has 0 unspecified atom stereocenters. The van der Waals surface area contributed by atoms with Gasteiger partial charge < -0.3 is 19.6 Å². The minimum absolute atomic E-state index is 0.556. The summed E-state index contributed by atoms with van der Waals surface area (Å²) in [6.45, 7) is 2.50. The van der Waals surface area contributed by atoms with E-state index in [0.29, 0.717) is 0 Å². The van der Waals surface area contributed by atoms with Crippen LogP contribution in [0, 0.1) is 0 Å². The van der Waals surface area contributed by atoms with Crippen LogP contribution in [0.25, 0.3) is 0 Å². The minimum atomic E-state index is -0.846. The van der Waals surface area contributed by atoms with Gasteiger partial charge in [-0.1, -0.05) is 0 Å². The molecule has 0 aromatic heterocycles. The van der Waals surface area contributed by atoms with Crippen LogP contribution in [0.2, 0.25) is 6.04 Å². The third-order valence-electron chi connectivity index (χ3n) is 1.70. The summed E-state index contributed by atoms with van der Waals surface area (Å²) >= 11 is 0. The number of nitrogens with two attached hydrogens (primary N) is 1. The van der Waals surface area contributed by atoms with Gasteiger partial charge in [0.2, 0.25) is 0 Å². The maximum atomic E-state index is 5.47. The van der Waals surface area contributed by atoms with E-state index in [1.165, 1.54) is 0 Å². The van der Waals surface area contributed by atoms with Crippen molar-refractivity contribution in [1.29, 1.82) is 0 Å². The SMILES string of the molecule is COC(C)(OC)O[SiH2]CCCN. The van der Waals surface area contributed by atoms with E-state index < -0.39 is 15.7 Å². The fourth-order valence-corrected chi connectivity index (χ4v) is 1.95. The molecule has 5 heteroatoms. The molecule has 0 rings (SSSR count). The van der Waals surface area contributed by atoms with Gasteiger partial charge in [0, 0.05) is 21.1 Å². The quantitative estimate of drug-likeness (QED) is 0.346. The van der Waals surface area contributed by atoms with Crippen molar-refractivity contribution in [2.45, 2.75) is 25.4 Å². The fourth-order valence-electron chi connectivity index (χ4n) is 0.705. The molecule has 0 radical (unpaired) electrons. The Morgan fingerprint density at radius 3 is 2.33 bits per heavy atom. The maximum Gasteiger partial charge on any atom is 0.269 e. The highest BCUT2D eigenvalue weighted by atomic mass is 28.2. The van der Waals surface area contributed by atoms with Crippen LogP contribution < -0.4 is 5.73 Å². The van der Waals surface area contributed by atoms with E-state index in [1.807, 2.05) is 0 Å². The van der Waals surface area contributed by atoms with Gasteiger partial charge in [0.15, 0.2) is 9.76 Å². The van der Waals surface area contributed by atoms with Crippen LogP contribution in [0.1, 0.15) is 13.3 Å². The molecule has 0 aromatic carbocycles. The second-order valence-electron chi connectivity index (χ2n) is 2.61. The summed E-state index contributed by atoms with van der Waals surface area (Å²) in [4.78, 5) is 0. The molecule has 0 amide bonds. The van der Waals surface area contributed by atoms with Crippen LogP contribution >= 0.6 is 0 Å². The van der Waals surface area contributed by atoms with Gasteiger partial charge >= 0.3 is 0 Å². The molecule has 12 heavy (non-hydrogen) atoms. The molecule has 0 bridgehead atoms. The first-order chi connectivity index (χ1) is 5.68. The van der Waals surface area contributed by atoms with Crippen molar-refractivity contribution < 1.29 is 13.9 Å². The Labute approximate surface area is 76.3 Å². The standard InChI is InChI=1S/C7H19NO3Si/c1-7(9-2,10-3)11-12-6-4-5-8/h4-6,8,12H2,1-3H3. The van der Waals surface area contributed by atoms with E-state index >= 15 is 0 Å². The van der Waals surface area contributed by atoms with Crippen molar-refractivity contribution in [3.8, 4) is 0 Å². The second kappa shape index (κ2) is 6.56. The molecule has 0 saturated carbocycles. The van der Waals surface area contributed by atoms with E-state index in [2.05, 4.69) is 0 Å². The zero-order chi connectivity index (χ0) is 9.45. The van der Waals surface area contributed by atoms with Gasteiger partial charge in [-0.3, -0.25) is 0 Å². The van der Waals surface area contributed by atoms with Gasteiger partial charge in [-0.25, -0.2) is 0 Å². The monoisotopic (exact) mass is 193 g/mol. The molecule has 2 N–H and O–H groups in total. The van der Waals surface area contributed by atoms with Gasteiger partial charge in [-0.05, 0) is 19.0 Å². The van der Waals surface area contributed by atoms with Crippen molar-refractivity contribution >= 4 is 9.76 Å². The first kappa shape index (κ1) is 12.1. The highest BCUT2D eigenvalue weighted by molar-refractivity contribution is 6.27. The molecule has 0 aliphatic rings. The lowest BCUT2D eigenvalue weighted by Crippen LogP contribution is -2.34. The molecule has 0 heterocycles. The zero-order valence-electron chi connectivity index (χ0n) is 8.13. The number of hydrogen-bond acceptors (Lipinski definition) is 4. The van der Waals surface area contributed by atoms with Crippen LogP contribution in [0.3, 0.4) is 0 Å². The molecule has 0 fully saturated rings. The Kier molecular flexibility index (Phi) is 6.59. The smallest absolute Gasteiger partial charge is 0.269 e. The van der Waals surface area contributed by atoms with Crippen molar-refractivity contribution in [3.63, 3.8) is 0 Å². The highest BCUT2D eigenvalue weighted by Gasteiger charge is 2.22. The molecular weight excluding hydrogens is 174 g/mol. The summed E-state index contributed by atoms with van der Waals surface area (Å²) in [5.41, 5.74) is 5.35. The summed E-state index contributed by atoms with van der Waals surface area (Å²) < 4.78 is 15.5. The maximum absolute atomic E-state index is 5.47. The Hall–Kier alpha value is 0.0569. The number of methoxy groups -OCH3 is 2. The lowest BCUT2D eigenvalue weighted by Gasteiger charge is -2.26. The van der Waals surface area contributed by atoms with Crippen molar-refractivity contribution in [1.82, 2.24) is 0 Å². The van der Waals surface area contributed by atoms with Crippen molar-refractivity contribution in [2.75, 3.05) is 20.8 Å². The number of rotatable bonds is 7. The Balaban J connectivity index is 3.45. The summed E-state index contributed by atoms with van der Waals surface area (Å²) in [6, 6.07) is 1.07. The predicted octanol–water partition coefficient (Wildman–Crippen LogP) is -0.180. The van der Waals surface area contributed by atoms with E-state index in [1.54, 1.807) is 21.1 Å². The molecule has 0 aliphatic heterocycles. The largest absolute Gasteiger partial charge is 0.376 e. The molecule has 0 aliphatic carbocycles. The molecule has 0 aromatic rings. The normalized spacial score (nSPS) is 13.0.